The number of hydrogen-bond acceptors (Lipinski definition) is 4. The molecule has 1 atom stereocenters. The van der Waals surface area contributed by atoms with Crippen molar-refractivity contribution in [3.05, 3.63) is 41.7 Å². The number of para-hydroxylation sites is 1. The summed E-state index contributed by atoms with van der Waals surface area (Å²) in [5, 5.41) is 7.59. The minimum absolute atomic E-state index is 0.0654. The molecule has 0 spiro atoms. The van der Waals surface area contributed by atoms with Gasteiger partial charge in [-0.2, -0.15) is 0 Å². The Labute approximate surface area is 163 Å². The second kappa shape index (κ2) is 8.39. The number of methoxy groups -OCH3 is 1. The van der Waals surface area contributed by atoms with Crippen molar-refractivity contribution < 1.29 is 14.3 Å². The van der Waals surface area contributed by atoms with Crippen LogP contribution in [0.5, 0.6) is 0 Å². The van der Waals surface area contributed by atoms with Gasteiger partial charge in [-0.1, -0.05) is 32.0 Å². The highest BCUT2D eigenvalue weighted by molar-refractivity contribution is 6.10. The van der Waals surface area contributed by atoms with Gasteiger partial charge in [-0.3, -0.25) is 9.59 Å². The number of rotatable bonds is 7. The number of nitrogens with zero attached hydrogens (tertiary/aromatic N) is 1. The van der Waals surface area contributed by atoms with Crippen LogP contribution in [-0.2, 0) is 9.53 Å². The van der Waals surface area contributed by atoms with E-state index >= 15 is 0 Å². The highest BCUT2D eigenvalue weighted by atomic mass is 16.5. The van der Waals surface area contributed by atoms with E-state index in [1.54, 1.807) is 13.2 Å². The summed E-state index contributed by atoms with van der Waals surface area (Å²) in [7, 11) is 1.57. The van der Waals surface area contributed by atoms with Crippen LogP contribution in [0.2, 0.25) is 0 Å². The quantitative estimate of drug-likeness (QED) is 0.547. The van der Waals surface area contributed by atoms with Gasteiger partial charge in [0.15, 0.2) is 0 Å². The van der Waals surface area contributed by atoms with Crippen molar-refractivity contribution in [3.63, 3.8) is 0 Å². The van der Waals surface area contributed by atoms with E-state index in [1.807, 2.05) is 45.0 Å². The number of benzene rings is 1. The van der Waals surface area contributed by atoms with Crippen LogP contribution in [0.1, 0.15) is 30.0 Å². The smallest absolute Gasteiger partial charge is 0.270 e. The number of amides is 2. The summed E-state index contributed by atoms with van der Waals surface area (Å²) in [6.07, 6.45) is 0. The third-order valence-electron chi connectivity index (χ3n) is 4.75. The van der Waals surface area contributed by atoms with Crippen LogP contribution < -0.4 is 10.6 Å². The number of carbonyl (C=O) groups is 2. The van der Waals surface area contributed by atoms with Crippen LogP contribution >= 0.6 is 0 Å². The molecule has 0 saturated carbocycles. The number of aromatic nitrogens is 2. The maximum absolute atomic E-state index is 12.9. The van der Waals surface area contributed by atoms with Crippen LogP contribution in [0.25, 0.3) is 21.8 Å². The van der Waals surface area contributed by atoms with Gasteiger partial charge in [0, 0.05) is 29.9 Å². The fourth-order valence-corrected chi connectivity index (χ4v) is 3.26. The lowest BCUT2D eigenvalue weighted by atomic mass is 10.0. The fraction of sp³-hybridized carbons (Fsp3) is 0.381. The normalized spacial score (nSPS) is 12.5. The third-order valence-corrected chi connectivity index (χ3v) is 4.75. The number of aromatic amines is 1. The molecule has 148 valence electrons. The van der Waals surface area contributed by atoms with E-state index in [9.17, 15) is 9.59 Å². The molecule has 7 nitrogen and oxygen atoms in total. The molecule has 0 aliphatic rings. The number of nitrogens with one attached hydrogen (secondary N) is 3. The Bertz CT molecular complexity index is 1010. The van der Waals surface area contributed by atoms with Gasteiger partial charge in [0.25, 0.3) is 5.91 Å². The average Bonchev–Trinajstić information content (AvgIpc) is 3.05. The average molecular weight is 382 g/mol. The molecule has 0 fully saturated rings. The highest BCUT2D eigenvalue weighted by Crippen LogP contribution is 2.27. The van der Waals surface area contributed by atoms with Crippen LogP contribution in [0, 0.1) is 12.8 Å². The van der Waals surface area contributed by atoms with Gasteiger partial charge in [-0.05, 0) is 25.0 Å². The van der Waals surface area contributed by atoms with Crippen LogP contribution in [0.3, 0.4) is 0 Å². The van der Waals surface area contributed by atoms with E-state index in [1.165, 1.54) is 0 Å². The van der Waals surface area contributed by atoms with Crippen molar-refractivity contribution in [2.45, 2.75) is 26.8 Å². The number of hydrogen-bond donors (Lipinski definition) is 3. The summed E-state index contributed by atoms with van der Waals surface area (Å²) >= 11 is 0. The second-order valence-corrected chi connectivity index (χ2v) is 7.17. The molecule has 2 heterocycles. The molecular formula is C21H26N4O3. The monoisotopic (exact) mass is 382 g/mol. The van der Waals surface area contributed by atoms with Gasteiger partial charge in [0.05, 0.1) is 17.8 Å². The molecule has 0 saturated heterocycles. The lowest BCUT2D eigenvalue weighted by Gasteiger charge is -2.21. The fourth-order valence-electron chi connectivity index (χ4n) is 3.26. The zero-order valence-electron chi connectivity index (χ0n) is 16.6. The summed E-state index contributed by atoms with van der Waals surface area (Å²) in [6, 6.07) is 9.05. The Kier molecular flexibility index (Phi) is 5.94. The molecule has 7 heteroatoms. The highest BCUT2D eigenvalue weighted by Gasteiger charge is 2.25. The van der Waals surface area contributed by atoms with Gasteiger partial charge in [-0.25, -0.2) is 4.98 Å². The van der Waals surface area contributed by atoms with Gasteiger partial charge < -0.3 is 20.4 Å². The van der Waals surface area contributed by atoms with E-state index in [4.69, 9.17) is 4.74 Å². The summed E-state index contributed by atoms with van der Waals surface area (Å²) in [5.74, 6) is -0.662. The summed E-state index contributed by atoms with van der Waals surface area (Å²) in [5.41, 5.74) is 2.95. The standard InChI is InChI=1S/C21H26N4O3/c1-12(2)18(21(27)22-9-10-28-4)25-20(26)17-11-15-14-7-5-6-8-16(14)24-19(15)13(3)23-17/h5-8,11-12,18,24H,9-10H2,1-4H3,(H,22,27)(H,25,26). The number of pyridine rings is 1. The Morgan fingerprint density at radius 2 is 1.96 bits per heavy atom. The first kappa shape index (κ1) is 19.8. The van der Waals surface area contributed by atoms with Crippen molar-refractivity contribution in [3.8, 4) is 0 Å². The van der Waals surface area contributed by atoms with Gasteiger partial charge in [0.2, 0.25) is 5.91 Å². The van der Waals surface area contributed by atoms with E-state index < -0.39 is 6.04 Å². The van der Waals surface area contributed by atoms with Crippen molar-refractivity contribution >= 4 is 33.6 Å². The lowest BCUT2D eigenvalue weighted by Crippen LogP contribution is -2.50. The first-order valence-electron chi connectivity index (χ1n) is 9.38. The summed E-state index contributed by atoms with van der Waals surface area (Å²) in [6.45, 7) is 6.46. The van der Waals surface area contributed by atoms with Gasteiger partial charge in [-0.15, -0.1) is 0 Å². The number of ether oxygens (including phenoxy) is 1. The first-order valence-corrected chi connectivity index (χ1v) is 9.38. The van der Waals surface area contributed by atoms with Crippen molar-refractivity contribution in [2.75, 3.05) is 20.3 Å². The Morgan fingerprint density at radius 1 is 1.21 bits per heavy atom. The number of carbonyl (C=O) groups excluding carboxylic acids is 2. The SMILES string of the molecule is COCCNC(=O)C(NC(=O)c1cc2c([nH]c3ccccc32)c(C)n1)C(C)C. The molecule has 0 aliphatic heterocycles. The topological polar surface area (TPSA) is 96.1 Å². The number of aryl methyl sites for hydroxylation is 1. The van der Waals surface area contributed by atoms with E-state index in [2.05, 4.69) is 20.6 Å². The van der Waals surface area contributed by atoms with Crippen LogP contribution in [0.15, 0.2) is 30.3 Å². The van der Waals surface area contributed by atoms with Crippen LogP contribution in [-0.4, -0.2) is 48.1 Å². The second-order valence-electron chi connectivity index (χ2n) is 7.17. The van der Waals surface area contributed by atoms with E-state index in [-0.39, 0.29) is 17.7 Å². The van der Waals surface area contributed by atoms with Gasteiger partial charge >= 0.3 is 0 Å². The maximum atomic E-state index is 12.9. The number of H-pyrrole nitrogens is 1. The zero-order valence-corrected chi connectivity index (χ0v) is 16.6. The molecule has 0 bridgehead atoms. The molecule has 2 amide bonds. The largest absolute Gasteiger partial charge is 0.383 e. The van der Waals surface area contributed by atoms with Gasteiger partial charge in [0.1, 0.15) is 11.7 Å². The molecule has 3 N–H and O–H groups in total. The van der Waals surface area contributed by atoms with Crippen molar-refractivity contribution in [2.24, 2.45) is 5.92 Å². The van der Waals surface area contributed by atoms with Crippen LogP contribution in [0.4, 0.5) is 0 Å². The summed E-state index contributed by atoms with van der Waals surface area (Å²) < 4.78 is 4.95. The molecule has 3 aromatic rings. The predicted octanol–water partition coefficient (Wildman–Crippen LogP) is 2.54. The minimum atomic E-state index is -0.648. The Balaban J connectivity index is 1.87. The first-order chi connectivity index (χ1) is 13.4. The summed E-state index contributed by atoms with van der Waals surface area (Å²) in [4.78, 5) is 33.1. The maximum Gasteiger partial charge on any atom is 0.270 e. The minimum Gasteiger partial charge on any atom is -0.383 e. The van der Waals surface area contributed by atoms with E-state index in [0.29, 0.717) is 18.8 Å². The molecule has 0 radical (unpaired) electrons. The lowest BCUT2D eigenvalue weighted by molar-refractivity contribution is -0.124. The third kappa shape index (κ3) is 3.99. The van der Waals surface area contributed by atoms with Crippen molar-refractivity contribution in [1.82, 2.24) is 20.6 Å². The molecule has 2 aromatic heterocycles. The van der Waals surface area contributed by atoms with E-state index in [0.717, 1.165) is 27.5 Å². The molecule has 3 rings (SSSR count). The Hall–Kier alpha value is -2.93. The molecule has 1 unspecified atom stereocenters. The molecular weight excluding hydrogens is 356 g/mol. The van der Waals surface area contributed by atoms with Crippen molar-refractivity contribution in [1.29, 1.82) is 0 Å². The molecule has 0 aliphatic carbocycles. The molecule has 1 aromatic carbocycles. The predicted molar refractivity (Wildman–Crippen MR) is 109 cm³/mol. The Morgan fingerprint density at radius 3 is 2.68 bits per heavy atom. The zero-order chi connectivity index (χ0) is 20.3. The molecule has 28 heavy (non-hydrogen) atoms. The number of fused-ring (bicyclic) bond motifs is 3.